The van der Waals surface area contributed by atoms with Crippen molar-refractivity contribution in [3.05, 3.63) is 23.6 Å². The van der Waals surface area contributed by atoms with E-state index in [2.05, 4.69) is 34.0 Å². The number of hydrogen-bond donors (Lipinski definition) is 2. The molecule has 0 fully saturated rings. The van der Waals surface area contributed by atoms with Crippen LogP contribution in [0.15, 0.2) is 23.6 Å². The first kappa shape index (κ1) is 16.4. The molecule has 2 rings (SSSR count). The Hall–Kier alpha value is -1.99. The molecule has 1 amide bonds. The van der Waals surface area contributed by atoms with Crippen molar-refractivity contribution >= 4 is 28.7 Å². The molecule has 0 spiro atoms. The fourth-order valence-corrected chi connectivity index (χ4v) is 2.77. The molecular weight excluding hydrogens is 300 g/mol. The molecule has 2 aromatic rings. The van der Waals surface area contributed by atoms with Crippen LogP contribution in [-0.2, 0) is 4.79 Å². The minimum atomic E-state index is 0.0860. The molecule has 0 atom stereocenters. The molecule has 0 bridgehead atoms. The summed E-state index contributed by atoms with van der Waals surface area (Å²) in [5.74, 6) is 1.29. The number of anilines is 2. The molecule has 0 unspecified atom stereocenters. The van der Waals surface area contributed by atoms with Gasteiger partial charge in [-0.05, 0) is 18.1 Å². The molecule has 2 N–H and O–H groups in total. The monoisotopic (exact) mass is 320 g/mol. The number of nitrogens with one attached hydrogen (secondary N) is 1. The number of carbonyl (C=O) groups excluding carboxylic acids is 1. The zero-order chi connectivity index (χ0) is 15.9. The third-order valence-electron chi connectivity index (χ3n) is 2.96. The van der Waals surface area contributed by atoms with Gasteiger partial charge < -0.3 is 15.3 Å². The smallest absolute Gasteiger partial charge is 0.213 e. The lowest BCUT2D eigenvalue weighted by atomic mass is 10.2. The van der Waals surface area contributed by atoms with Gasteiger partial charge >= 0.3 is 0 Å². The van der Waals surface area contributed by atoms with E-state index in [0.717, 1.165) is 23.8 Å². The summed E-state index contributed by atoms with van der Waals surface area (Å²) in [7, 11) is 0. The van der Waals surface area contributed by atoms with Gasteiger partial charge in [-0.25, -0.2) is 9.97 Å². The first-order valence-corrected chi connectivity index (χ1v) is 8.01. The predicted octanol–water partition coefficient (Wildman–Crippen LogP) is 2.23. The van der Waals surface area contributed by atoms with Gasteiger partial charge in [-0.2, -0.15) is 0 Å². The van der Waals surface area contributed by atoms with Gasteiger partial charge in [0.25, 0.3) is 0 Å². The molecule has 7 heteroatoms. The highest BCUT2D eigenvalue weighted by atomic mass is 32.1. The van der Waals surface area contributed by atoms with E-state index in [0.29, 0.717) is 24.0 Å². The minimum absolute atomic E-state index is 0.0860. The average Bonchev–Trinajstić information content (AvgIpc) is 2.96. The van der Waals surface area contributed by atoms with Gasteiger partial charge in [-0.1, -0.05) is 19.9 Å². The maximum atomic E-state index is 10.4. The fraction of sp³-hybridized carbons (Fsp3) is 0.400. The van der Waals surface area contributed by atoms with Crippen LogP contribution in [0.4, 0.5) is 10.9 Å². The topological polar surface area (TPSA) is 78.4 Å². The van der Waals surface area contributed by atoms with Crippen molar-refractivity contribution in [1.82, 2.24) is 9.97 Å². The standard InChI is InChI=1S/C15H20N4O2S/c1-11(2)8-19(6-7-20)14-5-3-4-12(17-14)13-9-22-15(18-13)16-10-21/h3-5,9-11,20H,6-8H2,1-2H3,(H,16,18,21). The maximum Gasteiger partial charge on any atom is 0.213 e. The van der Waals surface area contributed by atoms with Gasteiger partial charge in [0.05, 0.1) is 12.3 Å². The molecule has 0 aliphatic heterocycles. The van der Waals surface area contributed by atoms with E-state index in [1.807, 2.05) is 23.6 Å². The average molecular weight is 320 g/mol. The highest BCUT2D eigenvalue weighted by molar-refractivity contribution is 7.14. The van der Waals surface area contributed by atoms with Crippen molar-refractivity contribution < 1.29 is 9.90 Å². The molecule has 0 aliphatic rings. The Morgan fingerprint density at radius 3 is 2.86 bits per heavy atom. The summed E-state index contributed by atoms with van der Waals surface area (Å²) in [5.41, 5.74) is 1.48. The van der Waals surface area contributed by atoms with E-state index >= 15 is 0 Å². The number of amides is 1. The zero-order valence-electron chi connectivity index (χ0n) is 12.7. The van der Waals surface area contributed by atoms with Crippen LogP contribution in [0, 0.1) is 5.92 Å². The molecule has 22 heavy (non-hydrogen) atoms. The number of aliphatic hydroxyl groups excluding tert-OH is 1. The van der Waals surface area contributed by atoms with Crippen LogP contribution in [0.2, 0.25) is 0 Å². The molecule has 0 radical (unpaired) electrons. The summed E-state index contributed by atoms with van der Waals surface area (Å²) in [6.07, 6.45) is 0.609. The number of pyridine rings is 1. The van der Waals surface area contributed by atoms with E-state index in [9.17, 15) is 9.90 Å². The van der Waals surface area contributed by atoms with E-state index < -0.39 is 0 Å². The highest BCUT2D eigenvalue weighted by Crippen LogP contribution is 2.25. The lowest BCUT2D eigenvalue weighted by Gasteiger charge is -2.25. The molecule has 0 aliphatic carbocycles. The Morgan fingerprint density at radius 1 is 1.36 bits per heavy atom. The largest absolute Gasteiger partial charge is 0.395 e. The molecule has 6 nitrogen and oxygen atoms in total. The van der Waals surface area contributed by atoms with Gasteiger partial charge in [-0.3, -0.25) is 4.79 Å². The van der Waals surface area contributed by atoms with Crippen molar-refractivity contribution in [2.45, 2.75) is 13.8 Å². The normalized spacial score (nSPS) is 10.7. The first-order valence-electron chi connectivity index (χ1n) is 7.13. The number of rotatable bonds is 8. The van der Waals surface area contributed by atoms with Crippen molar-refractivity contribution in [2.24, 2.45) is 5.92 Å². The Morgan fingerprint density at radius 2 is 2.18 bits per heavy atom. The Balaban J connectivity index is 2.25. The molecule has 0 saturated heterocycles. The van der Waals surface area contributed by atoms with Crippen LogP contribution in [0.5, 0.6) is 0 Å². The molecule has 2 aromatic heterocycles. The van der Waals surface area contributed by atoms with E-state index in [-0.39, 0.29) is 6.61 Å². The van der Waals surface area contributed by atoms with Crippen LogP contribution in [0.25, 0.3) is 11.4 Å². The molecule has 0 saturated carbocycles. The van der Waals surface area contributed by atoms with Gasteiger partial charge in [0.15, 0.2) is 5.13 Å². The third kappa shape index (κ3) is 4.25. The van der Waals surface area contributed by atoms with Crippen molar-refractivity contribution in [1.29, 1.82) is 0 Å². The second kappa shape index (κ2) is 7.86. The van der Waals surface area contributed by atoms with Crippen molar-refractivity contribution in [3.63, 3.8) is 0 Å². The number of hydrogen-bond acceptors (Lipinski definition) is 6. The maximum absolute atomic E-state index is 10.4. The van der Waals surface area contributed by atoms with Crippen molar-refractivity contribution in [2.75, 3.05) is 29.9 Å². The molecule has 0 aromatic carbocycles. The number of thiazole rings is 1. The Bertz CT molecular complexity index is 615. The first-order chi connectivity index (χ1) is 10.6. The highest BCUT2D eigenvalue weighted by Gasteiger charge is 2.12. The Labute approximate surface area is 133 Å². The summed E-state index contributed by atoms with van der Waals surface area (Å²) >= 11 is 1.36. The SMILES string of the molecule is CC(C)CN(CCO)c1cccc(-c2csc(NC=O)n2)n1. The van der Waals surface area contributed by atoms with E-state index in [4.69, 9.17) is 0 Å². The van der Waals surface area contributed by atoms with Crippen LogP contribution >= 0.6 is 11.3 Å². The lowest BCUT2D eigenvalue weighted by molar-refractivity contribution is -0.105. The van der Waals surface area contributed by atoms with E-state index in [1.165, 1.54) is 11.3 Å². The zero-order valence-corrected chi connectivity index (χ0v) is 13.5. The Kier molecular flexibility index (Phi) is 5.85. The second-order valence-corrected chi connectivity index (χ2v) is 6.10. The summed E-state index contributed by atoms with van der Waals surface area (Å²) in [4.78, 5) is 21.5. The van der Waals surface area contributed by atoms with Gasteiger partial charge in [0, 0.05) is 18.5 Å². The van der Waals surface area contributed by atoms with Crippen molar-refractivity contribution in [3.8, 4) is 11.4 Å². The van der Waals surface area contributed by atoms with Gasteiger partial charge in [0.2, 0.25) is 6.41 Å². The summed E-state index contributed by atoms with van der Waals surface area (Å²) in [5, 5.41) is 14.2. The molecule has 118 valence electrons. The number of aromatic nitrogens is 2. The number of carbonyl (C=O) groups is 1. The summed E-state index contributed by atoms with van der Waals surface area (Å²) < 4.78 is 0. The second-order valence-electron chi connectivity index (χ2n) is 5.24. The van der Waals surface area contributed by atoms with Crippen LogP contribution in [-0.4, -0.2) is 41.2 Å². The summed E-state index contributed by atoms with van der Waals surface area (Å²) in [6.45, 7) is 5.72. The third-order valence-corrected chi connectivity index (χ3v) is 3.74. The quantitative estimate of drug-likeness (QED) is 0.729. The van der Waals surface area contributed by atoms with Gasteiger partial charge in [0.1, 0.15) is 11.5 Å². The van der Waals surface area contributed by atoms with Crippen LogP contribution in [0.1, 0.15) is 13.8 Å². The van der Waals surface area contributed by atoms with E-state index in [1.54, 1.807) is 0 Å². The number of aliphatic hydroxyl groups is 1. The molecular formula is C15H20N4O2S. The van der Waals surface area contributed by atoms with Crippen LogP contribution in [0.3, 0.4) is 0 Å². The van der Waals surface area contributed by atoms with Gasteiger partial charge in [-0.15, -0.1) is 11.3 Å². The minimum Gasteiger partial charge on any atom is -0.395 e. The number of nitrogens with zero attached hydrogens (tertiary/aromatic N) is 3. The lowest BCUT2D eigenvalue weighted by Crippen LogP contribution is -2.31. The summed E-state index contributed by atoms with van der Waals surface area (Å²) in [6, 6.07) is 5.74. The fourth-order valence-electron chi connectivity index (χ4n) is 2.11. The molecule has 2 heterocycles. The van der Waals surface area contributed by atoms with Crippen LogP contribution < -0.4 is 10.2 Å². The predicted molar refractivity (Wildman–Crippen MR) is 89.2 cm³/mol.